The third-order valence-electron chi connectivity index (χ3n) is 4.77. The van der Waals surface area contributed by atoms with Gasteiger partial charge in [-0.15, -0.1) is 0 Å². The number of nitrogens with one attached hydrogen (secondary N) is 1. The van der Waals surface area contributed by atoms with Gasteiger partial charge in [-0.2, -0.15) is 0 Å². The normalized spacial score (nSPS) is 10.8. The lowest BCUT2D eigenvalue weighted by molar-refractivity contribution is 0.0993. The number of hydrogen-bond donors (Lipinski definition) is 1. The van der Waals surface area contributed by atoms with Crippen LogP contribution in [0.1, 0.15) is 16.1 Å². The lowest BCUT2D eigenvalue weighted by atomic mass is 10.2. The summed E-state index contributed by atoms with van der Waals surface area (Å²) < 4.78 is 16.9. The first-order valence-corrected chi connectivity index (χ1v) is 9.78. The van der Waals surface area contributed by atoms with E-state index in [0.29, 0.717) is 17.1 Å². The molecule has 152 valence electrons. The number of oxazole rings is 1. The number of fused-ring (bicyclic) bond motifs is 1. The number of rotatable bonds is 6. The van der Waals surface area contributed by atoms with Crippen LogP contribution in [0, 0.1) is 0 Å². The third kappa shape index (κ3) is 4.04. The Kier molecular flexibility index (Phi) is 4.94. The van der Waals surface area contributed by atoms with Gasteiger partial charge >= 0.3 is 0 Å². The summed E-state index contributed by atoms with van der Waals surface area (Å²) in [5.74, 6) is 1.14. The molecule has 0 saturated carbocycles. The van der Waals surface area contributed by atoms with Crippen LogP contribution in [0.5, 0.6) is 5.75 Å². The van der Waals surface area contributed by atoms with Crippen molar-refractivity contribution < 1.29 is 18.4 Å². The van der Waals surface area contributed by atoms with Crippen LogP contribution in [0.25, 0.3) is 22.6 Å². The number of aromatic nitrogens is 1. The summed E-state index contributed by atoms with van der Waals surface area (Å²) >= 11 is 0. The fourth-order valence-corrected chi connectivity index (χ4v) is 3.21. The van der Waals surface area contributed by atoms with Gasteiger partial charge in [0.25, 0.3) is 5.91 Å². The first-order chi connectivity index (χ1) is 15.3. The van der Waals surface area contributed by atoms with Gasteiger partial charge in [0.15, 0.2) is 11.3 Å². The summed E-state index contributed by atoms with van der Waals surface area (Å²) in [6.07, 6.45) is 1.48. The van der Waals surface area contributed by atoms with Gasteiger partial charge in [-0.25, -0.2) is 4.98 Å². The molecule has 0 fully saturated rings. The summed E-state index contributed by atoms with van der Waals surface area (Å²) in [6, 6.07) is 26.0. The van der Waals surface area contributed by atoms with Crippen molar-refractivity contribution in [1.82, 2.24) is 4.98 Å². The Morgan fingerprint density at radius 1 is 0.903 bits per heavy atom. The van der Waals surface area contributed by atoms with Crippen LogP contribution < -0.4 is 10.1 Å². The average molecular weight is 410 g/mol. The maximum Gasteiger partial charge on any atom is 0.291 e. The van der Waals surface area contributed by atoms with Crippen LogP contribution in [-0.2, 0) is 6.61 Å². The van der Waals surface area contributed by atoms with E-state index in [1.807, 2.05) is 66.7 Å². The van der Waals surface area contributed by atoms with Crippen molar-refractivity contribution >= 4 is 22.7 Å². The largest absolute Gasteiger partial charge is 0.489 e. The quantitative estimate of drug-likeness (QED) is 0.376. The van der Waals surface area contributed by atoms with Crippen LogP contribution >= 0.6 is 0 Å². The van der Waals surface area contributed by atoms with Crippen molar-refractivity contribution in [2.45, 2.75) is 6.61 Å². The number of ether oxygens (including phenoxy) is 1. The van der Waals surface area contributed by atoms with E-state index in [1.54, 1.807) is 18.2 Å². The molecular weight excluding hydrogens is 392 g/mol. The Balaban J connectivity index is 1.27. The second-order valence-corrected chi connectivity index (χ2v) is 6.89. The van der Waals surface area contributed by atoms with E-state index >= 15 is 0 Å². The minimum Gasteiger partial charge on any atom is -0.489 e. The minimum atomic E-state index is -0.341. The predicted octanol–water partition coefficient (Wildman–Crippen LogP) is 5.92. The van der Waals surface area contributed by atoms with Crippen molar-refractivity contribution in [3.63, 3.8) is 0 Å². The van der Waals surface area contributed by atoms with E-state index in [2.05, 4.69) is 10.3 Å². The van der Waals surface area contributed by atoms with Gasteiger partial charge in [0.05, 0.1) is 6.26 Å². The molecule has 6 nitrogen and oxygen atoms in total. The monoisotopic (exact) mass is 410 g/mol. The predicted molar refractivity (Wildman–Crippen MR) is 117 cm³/mol. The van der Waals surface area contributed by atoms with E-state index in [4.69, 9.17) is 13.6 Å². The van der Waals surface area contributed by atoms with Crippen molar-refractivity contribution in [2.75, 3.05) is 5.32 Å². The average Bonchev–Trinajstić information content (AvgIpc) is 3.46. The molecule has 5 rings (SSSR count). The molecule has 0 saturated heterocycles. The number of furan rings is 1. The van der Waals surface area contributed by atoms with Crippen LogP contribution in [0.2, 0.25) is 0 Å². The zero-order chi connectivity index (χ0) is 21.0. The van der Waals surface area contributed by atoms with Crippen LogP contribution in [0.4, 0.5) is 5.69 Å². The number of anilines is 1. The Labute approximate surface area is 178 Å². The van der Waals surface area contributed by atoms with Gasteiger partial charge < -0.3 is 18.9 Å². The molecule has 0 aliphatic heterocycles. The van der Waals surface area contributed by atoms with Gasteiger partial charge in [-0.3, -0.25) is 4.79 Å². The van der Waals surface area contributed by atoms with Gasteiger partial charge in [0, 0.05) is 16.8 Å². The highest BCUT2D eigenvalue weighted by molar-refractivity contribution is 6.03. The molecule has 2 aromatic heterocycles. The SMILES string of the molecule is O=C(Nc1ccc(-c2nc3ccccc3o2)cc1)c1occc1COc1ccccc1. The number of benzene rings is 3. The lowest BCUT2D eigenvalue weighted by Gasteiger charge is -2.07. The maximum atomic E-state index is 12.7. The highest BCUT2D eigenvalue weighted by Gasteiger charge is 2.16. The summed E-state index contributed by atoms with van der Waals surface area (Å²) in [5, 5.41) is 2.85. The van der Waals surface area contributed by atoms with E-state index in [-0.39, 0.29) is 18.3 Å². The van der Waals surface area contributed by atoms with Gasteiger partial charge in [0.1, 0.15) is 17.9 Å². The van der Waals surface area contributed by atoms with Crippen molar-refractivity contribution in [2.24, 2.45) is 0 Å². The molecule has 0 bridgehead atoms. The summed E-state index contributed by atoms with van der Waals surface area (Å²) in [6.45, 7) is 0.236. The van der Waals surface area contributed by atoms with Gasteiger partial charge in [-0.05, 0) is 54.6 Å². The second-order valence-electron chi connectivity index (χ2n) is 6.89. The minimum absolute atomic E-state index is 0.221. The second kappa shape index (κ2) is 8.20. The molecule has 0 aliphatic rings. The van der Waals surface area contributed by atoms with Gasteiger partial charge in [-0.1, -0.05) is 30.3 Å². The zero-order valence-electron chi connectivity index (χ0n) is 16.4. The van der Waals surface area contributed by atoms with E-state index in [9.17, 15) is 4.79 Å². The van der Waals surface area contributed by atoms with Gasteiger partial charge in [0.2, 0.25) is 5.89 Å². The van der Waals surface area contributed by atoms with Crippen LogP contribution in [0.15, 0.2) is 100 Å². The molecule has 31 heavy (non-hydrogen) atoms. The molecule has 0 radical (unpaired) electrons. The number of amides is 1. The highest BCUT2D eigenvalue weighted by Crippen LogP contribution is 2.25. The summed E-state index contributed by atoms with van der Waals surface area (Å²) in [4.78, 5) is 17.2. The molecule has 5 aromatic rings. The van der Waals surface area contributed by atoms with E-state index < -0.39 is 0 Å². The first kappa shape index (κ1) is 18.7. The molecule has 0 unspecified atom stereocenters. The van der Waals surface area contributed by atoms with Crippen molar-refractivity contribution in [3.05, 3.63) is 103 Å². The maximum absolute atomic E-state index is 12.7. The molecule has 2 heterocycles. The molecule has 0 atom stereocenters. The molecule has 0 spiro atoms. The fourth-order valence-electron chi connectivity index (χ4n) is 3.21. The molecule has 1 amide bonds. The first-order valence-electron chi connectivity index (χ1n) is 9.78. The van der Waals surface area contributed by atoms with E-state index in [1.165, 1.54) is 6.26 Å². The number of para-hydroxylation sites is 3. The number of carbonyl (C=O) groups is 1. The molecule has 3 aromatic carbocycles. The van der Waals surface area contributed by atoms with Crippen LogP contribution in [0.3, 0.4) is 0 Å². The fraction of sp³-hybridized carbons (Fsp3) is 0.0400. The smallest absolute Gasteiger partial charge is 0.291 e. The third-order valence-corrected chi connectivity index (χ3v) is 4.77. The van der Waals surface area contributed by atoms with Crippen molar-refractivity contribution in [1.29, 1.82) is 0 Å². The standard InChI is InChI=1S/C25H18N2O4/c28-24(23-18(14-15-29-23)16-30-20-6-2-1-3-7-20)26-19-12-10-17(11-13-19)25-27-21-8-4-5-9-22(21)31-25/h1-15H,16H2,(H,26,28). The molecule has 1 N–H and O–H groups in total. The highest BCUT2D eigenvalue weighted by atomic mass is 16.5. The summed E-state index contributed by atoms with van der Waals surface area (Å²) in [7, 11) is 0. The van der Waals surface area contributed by atoms with Crippen LogP contribution in [-0.4, -0.2) is 10.9 Å². The molecular formula is C25H18N2O4. The molecule has 6 heteroatoms. The topological polar surface area (TPSA) is 77.5 Å². The Morgan fingerprint density at radius 3 is 2.48 bits per heavy atom. The zero-order valence-corrected chi connectivity index (χ0v) is 16.4. The van der Waals surface area contributed by atoms with Crippen molar-refractivity contribution in [3.8, 4) is 17.2 Å². The summed E-state index contributed by atoms with van der Waals surface area (Å²) in [5.41, 5.74) is 3.67. The number of nitrogens with zero attached hydrogens (tertiary/aromatic N) is 1. The number of carbonyl (C=O) groups excluding carboxylic acids is 1. The van der Waals surface area contributed by atoms with E-state index in [0.717, 1.165) is 22.4 Å². The lowest BCUT2D eigenvalue weighted by Crippen LogP contribution is -2.13. The molecule has 0 aliphatic carbocycles. The Hall–Kier alpha value is -4.32. The Bertz CT molecular complexity index is 1290. The number of hydrogen-bond acceptors (Lipinski definition) is 5. The Morgan fingerprint density at radius 2 is 1.68 bits per heavy atom.